The monoisotopic (exact) mass is 282 g/mol. The highest BCUT2D eigenvalue weighted by atomic mass is 16.4. The Bertz CT molecular complexity index is 450. The van der Waals surface area contributed by atoms with E-state index in [4.69, 9.17) is 5.11 Å². The summed E-state index contributed by atoms with van der Waals surface area (Å²) in [5, 5.41) is 21.8. The fourth-order valence-electron chi connectivity index (χ4n) is 2.42. The molecule has 1 aliphatic heterocycles. The predicted octanol–water partition coefficient (Wildman–Crippen LogP) is 0.492. The molecular formula is C14H22N2O4. The van der Waals surface area contributed by atoms with E-state index < -0.39 is 23.5 Å². The summed E-state index contributed by atoms with van der Waals surface area (Å²) in [5.74, 6) is -1.70. The van der Waals surface area contributed by atoms with Crippen LogP contribution in [0.4, 0.5) is 0 Å². The van der Waals surface area contributed by atoms with E-state index in [0.717, 1.165) is 0 Å². The number of carboxylic acids is 1. The van der Waals surface area contributed by atoms with Crippen molar-refractivity contribution in [2.45, 2.75) is 38.8 Å². The molecule has 6 nitrogen and oxygen atoms in total. The van der Waals surface area contributed by atoms with Crippen LogP contribution in [0, 0.1) is 0 Å². The molecular weight excluding hydrogens is 260 g/mol. The Morgan fingerprint density at radius 1 is 1.50 bits per heavy atom. The maximum Gasteiger partial charge on any atom is 0.352 e. The summed E-state index contributed by atoms with van der Waals surface area (Å²) in [5.41, 5.74) is -0.826. The molecule has 0 bridgehead atoms. The number of carbonyl (C=O) groups is 2. The fraction of sp³-hybridized carbons (Fsp3) is 0.571. The van der Waals surface area contributed by atoms with E-state index in [2.05, 4.69) is 11.9 Å². The van der Waals surface area contributed by atoms with Crippen molar-refractivity contribution in [3.63, 3.8) is 0 Å². The van der Waals surface area contributed by atoms with Crippen molar-refractivity contribution in [3.8, 4) is 0 Å². The maximum atomic E-state index is 12.3. The van der Waals surface area contributed by atoms with E-state index in [0.29, 0.717) is 25.1 Å². The van der Waals surface area contributed by atoms with E-state index in [9.17, 15) is 14.7 Å². The minimum absolute atomic E-state index is 0.142. The molecule has 1 rings (SSSR count). The van der Waals surface area contributed by atoms with Crippen molar-refractivity contribution in [2.75, 3.05) is 13.1 Å². The van der Waals surface area contributed by atoms with E-state index >= 15 is 0 Å². The molecule has 1 saturated heterocycles. The lowest BCUT2D eigenvalue weighted by molar-refractivity contribution is -0.137. The van der Waals surface area contributed by atoms with Gasteiger partial charge < -0.3 is 15.5 Å². The van der Waals surface area contributed by atoms with Gasteiger partial charge in [0.05, 0.1) is 5.60 Å². The zero-order chi connectivity index (χ0) is 15.5. The summed E-state index contributed by atoms with van der Waals surface area (Å²) in [7, 11) is 0. The molecule has 0 saturated carbocycles. The molecule has 1 heterocycles. The van der Waals surface area contributed by atoms with Crippen molar-refractivity contribution in [2.24, 2.45) is 0 Å². The molecule has 0 aromatic carbocycles. The van der Waals surface area contributed by atoms with E-state index in [1.807, 2.05) is 0 Å². The number of rotatable bonds is 5. The van der Waals surface area contributed by atoms with E-state index in [1.165, 1.54) is 0 Å². The van der Waals surface area contributed by atoms with Crippen molar-refractivity contribution in [1.82, 2.24) is 10.2 Å². The first-order chi connectivity index (χ1) is 9.20. The molecule has 0 aliphatic carbocycles. The molecule has 0 spiro atoms. The third kappa shape index (κ3) is 3.46. The minimum Gasteiger partial charge on any atom is -0.477 e. The number of allylic oxidation sites excluding steroid dienone is 1. The van der Waals surface area contributed by atoms with Gasteiger partial charge in [-0.25, -0.2) is 4.79 Å². The van der Waals surface area contributed by atoms with Crippen LogP contribution in [0.5, 0.6) is 0 Å². The summed E-state index contributed by atoms with van der Waals surface area (Å²) < 4.78 is 0. The van der Waals surface area contributed by atoms with Gasteiger partial charge in [-0.05, 0) is 32.8 Å². The van der Waals surface area contributed by atoms with Gasteiger partial charge in [0.15, 0.2) is 0 Å². The Balaban J connectivity index is 2.96. The van der Waals surface area contributed by atoms with Crippen LogP contribution in [-0.4, -0.2) is 51.7 Å². The number of nitrogens with zero attached hydrogens (tertiary/aromatic N) is 1. The Morgan fingerprint density at radius 3 is 2.55 bits per heavy atom. The molecule has 1 fully saturated rings. The van der Waals surface area contributed by atoms with Crippen LogP contribution in [0.15, 0.2) is 23.9 Å². The average Bonchev–Trinajstić information content (AvgIpc) is 2.61. The third-order valence-corrected chi connectivity index (χ3v) is 3.43. The van der Waals surface area contributed by atoms with Crippen molar-refractivity contribution < 1.29 is 19.8 Å². The number of nitrogens with one attached hydrogen (secondary N) is 1. The number of likely N-dealkylation sites (tertiary alicyclic amines) is 1. The first-order valence-electron chi connectivity index (χ1n) is 6.49. The quantitative estimate of drug-likeness (QED) is 0.504. The lowest BCUT2D eigenvalue weighted by atomic mass is 9.96. The molecule has 1 amide bonds. The molecule has 2 atom stereocenters. The van der Waals surface area contributed by atoms with Gasteiger partial charge in [-0.15, -0.1) is 6.58 Å². The van der Waals surface area contributed by atoms with Crippen LogP contribution in [0.2, 0.25) is 0 Å². The van der Waals surface area contributed by atoms with Crippen molar-refractivity contribution in [3.05, 3.63) is 23.9 Å². The van der Waals surface area contributed by atoms with Gasteiger partial charge in [0, 0.05) is 13.1 Å². The lowest BCUT2D eigenvalue weighted by Crippen LogP contribution is -2.53. The van der Waals surface area contributed by atoms with Gasteiger partial charge in [0.2, 0.25) is 5.91 Å². The van der Waals surface area contributed by atoms with E-state index in [1.54, 1.807) is 31.7 Å². The fourth-order valence-corrected chi connectivity index (χ4v) is 2.42. The Hall–Kier alpha value is -1.66. The number of aliphatic hydroxyl groups is 1. The predicted molar refractivity (Wildman–Crippen MR) is 75.0 cm³/mol. The molecule has 3 N–H and O–H groups in total. The molecule has 1 aliphatic rings. The standard InChI is InChI=1S/C14H22N2O4/c1-5-7-16-8-6-14(4,20)11(16)12(17)15-10(9(2)3)13(18)19/h5,11,20H,1,6-8H2,2-4H3,(H,15,17)(H,18,19). The van der Waals surface area contributed by atoms with Crippen molar-refractivity contribution in [1.29, 1.82) is 0 Å². The van der Waals surface area contributed by atoms with Crippen LogP contribution >= 0.6 is 0 Å². The molecule has 0 aromatic rings. The first-order valence-corrected chi connectivity index (χ1v) is 6.49. The SMILES string of the molecule is C=CCN1CCC(C)(O)C1C(=O)NC(C(=O)O)=C(C)C. The van der Waals surface area contributed by atoms with Gasteiger partial charge in [-0.1, -0.05) is 6.08 Å². The Kier molecular flexibility index (Phi) is 5.08. The average molecular weight is 282 g/mol. The normalized spacial score (nSPS) is 26.1. The van der Waals surface area contributed by atoms with Gasteiger partial charge in [0.1, 0.15) is 11.7 Å². The Morgan fingerprint density at radius 2 is 2.10 bits per heavy atom. The highest BCUT2D eigenvalue weighted by Crippen LogP contribution is 2.28. The summed E-state index contributed by atoms with van der Waals surface area (Å²) in [6.07, 6.45) is 2.11. The second-order valence-corrected chi connectivity index (χ2v) is 5.46. The van der Waals surface area contributed by atoms with Crippen LogP contribution in [0.3, 0.4) is 0 Å². The smallest absolute Gasteiger partial charge is 0.352 e. The number of amides is 1. The van der Waals surface area contributed by atoms with Crippen molar-refractivity contribution >= 4 is 11.9 Å². The Labute approximate surface area is 118 Å². The maximum absolute atomic E-state index is 12.3. The van der Waals surface area contributed by atoms with Crippen LogP contribution in [0.1, 0.15) is 27.2 Å². The number of hydrogen-bond acceptors (Lipinski definition) is 4. The minimum atomic E-state index is -1.19. The molecule has 2 unspecified atom stereocenters. The first kappa shape index (κ1) is 16.4. The highest BCUT2D eigenvalue weighted by Gasteiger charge is 2.46. The molecule has 0 radical (unpaired) electrons. The molecule has 0 aromatic heterocycles. The molecule has 112 valence electrons. The molecule has 6 heteroatoms. The lowest BCUT2D eigenvalue weighted by Gasteiger charge is -2.30. The van der Waals surface area contributed by atoms with Crippen LogP contribution in [0.25, 0.3) is 0 Å². The van der Waals surface area contributed by atoms with Gasteiger partial charge >= 0.3 is 5.97 Å². The number of hydrogen-bond donors (Lipinski definition) is 3. The number of carbonyl (C=O) groups excluding carboxylic acids is 1. The summed E-state index contributed by atoms with van der Waals surface area (Å²) in [4.78, 5) is 25.2. The summed E-state index contributed by atoms with van der Waals surface area (Å²) in [6, 6.07) is -0.783. The zero-order valence-electron chi connectivity index (χ0n) is 12.1. The second kappa shape index (κ2) is 6.19. The van der Waals surface area contributed by atoms with Gasteiger partial charge in [0.25, 0.3) is 0 Å². The molecule has 20 heavy (non-hydrogen) atoms. The van der Waals surface area contributed by atoms with Crippen LogP contribution < -0.4 is 5.32 Å². The number of aliphatic carboxylic acids is 1. The van der Waals surface area contributed by atoms with Gasteiger partial charge in [-0.2, -0.15) is 0 Å². The number of carboxylic acid groups (broad SMARTS) is 1. The van der Waals surface area contributed by atoms with Gasteiger partial charge in [-0.3, -0.25) is 9.69 Å². The van der Waals surface area contributed by atoms with E-state index in [-0.39, 0.29) is 5.70 Å². The third-order valence-electron chi connectivity index (χ3n) is 3.43. The largest absolute Gasteiger partial charge is 0.477 e. The summed E-state index contributed by atoms with van der Waals surface area (Å²) >= 11 is 0. The highest BCUT2D eigenvalue weighted by molar-refractivity contribution is 5.95. The second-order valence-electron chi connectivity index (χ2n) is 5.46. The summed E-state index contributed by atoms with van der Waals surface area (Å²) in [6.45, 7) is 9.46. The topological polar surface area (TPSA) is 89.9 Å². The van der Waals surface area contributed by atoms with Crippen LogP contribution in [-0.2, 0) is 9.59 Å². The zero-order valence-corrected chi connectivity index (χ0v) is 12.1.